The Hall–Kier alpha value is -2.34. The number of H-pyrrole nitrogens is 2. The number of esters is 1. The fourth-order valence-electron chi connectivity index (χ4n) is 2.67. The van der Waals surface area contributed by atoms with E-state index in [1.807, 2.05) is 46.8 Å². The van der Waals surface area contributed by atoms with Crippen LogP contribution in [0.2, 0.25) is 0 Å². The van der Waals surface area contributed by atoms with Gasteiger partial charge in [0.05, 0.1) is 5.41 Å². The zero-order valence-corrected chi connectivity index (χ0v) is 17.7. The molecule has 0 atom stereocenters. The Morgan fingerprint density at radius 2 is 1.48 bits per heavy atom. The maximum Gasteiger partial charge on any atom is 0.317 e. The molecule has 6 nitrogen and oxygen atoms in total. The molecule has 0 bridgehead atoms. The second-order valence-corrected chi connectivity index (χ2v) is 7.48. The van der Waals surface area contributed by atoms with Gasteiger partial charge in [0.1, 0.15) is 5.56 Å². The summed E-state index contributed by atoms with van der Waals surface area (Å²) in [4.78, 5) is 24.3. The van der Waals surface area contributed by atoms with Crippen LogP contribution in [0.25, 0.3) is 11.1 Å². The van der Waals surface area contributed by atoms with Crippen LogP contribution in [0.5, 0.6) is 5.88 Å². The van der Waals surface area contributed by atoms with Crippen molar-refractivity contribution in [3.63, 3.8) is 0 Å². The van der Waals surface area contributed by atoms with Crippen molar-refractivity contribution in [1.82, 2.24) is 10.2 Å². The van der Waals surface area contributed by atoms with E-state index in [1.54, 1.807) is 20.8 Å². The first-order valence-electron chi connectivity index (χ1n) is 9.21. The first kappa shape index (κ1) is 22.7. The highest BCUT2D eigenvalue weighted by molar-refractivity contribution is 5.81. The van der Waals surface area contributed by atoms with Crippen molar-refractivity contribution in [3.05, 3.63) is 39.2 Å². The van der Waals surface area contributed by atoms with Crippen LogP contribution in [-0.4, -0.2) is 29.4 Å². The number of aromatic amines is 2. The molecule has 0 saturated heterocycles. The van der Waals surface area contributed by atoms with E-state index in [-0.39, 0.29) is 11.4 Å². The molecule has 0 saturated carbocycles. The lowest BCUT2D eigenvalue weighted by Crippen LogP contribution is -2.26. The smallest absolute Gasteiger partial charge is 0.317 e. The van der Waals surface area contributed by atoms with E-state index < -0.39 is 11.4 Å². The minimum Gasteiger partial charge on any atom is -0.407 e. The number of benzene rings is 1. The van der Waals surface area contributed by atoms with Gasteiger partial charge in [-0.1, -0.05) is 17.7 Å². The number of aryl methyl sites for hydroxylation is 3. The SMILES string of the molecule is CCOCC.Cc1cc(C)c(-c2c(OC(=O)C(C)(C)C)[nH][nH]c2=O)c(C)c1. The van der Waals surface area contributed by atoms with Crippen molar-refractivity contribution >= 4 is 5.97 Å². The summed E-state index contributed by atoms with van der Waals surface area (Å²) in [6, 6.07) is 4.01. The maximum atomic E-state index is 12.2. The molecule has 0 unspecified atom stereocenters. The molecule has 2 N–H and O–H groups in total. The fourth-order valence-corrected chi connectivity index (χ4v) is 2.67. The number of hydrogen-bond acceptors (Lipinski definition) is 4. The molecule has 0 fully saturated rings. The first-order valence-corrected chi connectivity index (χ1v) is 9.21. The summed E-state index contributed by atoms with van der Waals surface area (Å²) in [5, 5.41) is 5.17. The molecule has 2 aromatic rings. The molecular formula is C21H32N2O4. The molecule has 0 aliphatic rings. The summed E-state index contributed by atoms with van der Waals surface area (Å²) >= 11 is 0. The van der Waals surface area contributed by atoms with Crippen molar-refractivity contribution in [2.45, 2.75) is 55.4 Å². The van der Waals surface area contributed by atoms with Gasteiger partial charge in [-0.3, -0.25) is 19.8 Å². The summed E-state index contributed by atoms with van der Waals surface area (Å²) in [6.07, 6.45) is 0. The summed E-state index contributed by atoms with van der Waals surface area (Å²) in [5.41, 5.74) is 3.28. The molecule has 0 radical (unpaired) electrons. The molecule has 1 heterocycles. The number of aromatic nitrogens is 2. The number of hydrogen-bond donors (Lipinski definition) is 2. The lowest BCUT2D eigenvalue weighted by atomic mass is 9.95. The zero-order valence-electron chi connectivity index (χ0n) is 17.7. The normalized spacial score (nSPS) is 11.0. The van der Waals surface area contributed by atoms with Crippen molar-refractivity contribution in [2.75, 3.05) is 13.2 Å². The molecule has 6 heteroatoms. The topological polar surface area (TPSA) is 84.2 Å². The van der Waals surface area contributed by atoms with Crippen LogP contribution >= 0.6 is 0 Å². The number of carbonyl (C=O) groups excluding carboxylic acids is 1. The van der Waals surface area contributed by atoms with Crippen molar-refractivity contribution in [1.29, 1.82) is 0 Å². The van der Waals surface area contributed by atoms with Gasteiger partial charge in [0, 0.05) is 13.2 Å². The lowest BCUT2D eigenvalue weighted by molar-refractivity contribution is -0.143. The average molecular weight is 376 g/mol. The number of carbonyl (C=O) groups is 1. The predicted molar refractivity (Wildman–Crippen MR) is 108 cm³/mol. The van der Waals surface area contributed by atoms with Gasteiger partial charge in [-0.05, 0) is 72.1 Å². The lowest BCUT2D eigenvalue weighted by Gasteiger charge is -2.16. The molecule has 0 aliphatic carbocycles. The van der Waals surface area contributed by atoms with Gasteiger partial charge in [0.15, 0.2) is 0 Å². The highest BCUT2D eigenvalue weighted by atomic mass is 16.5. The van der Waals surface area contributed by atoms with Gasteiger partial charge in [-0.15, -0.1) is 0 Å². The Morgan fingerprint density at radius 1 is 0.963 bits per heavy atom. The Kier molecular flexibility index (Phi) is 8.03. The third kappa shape index (κ3) is 6.10. The first-order chi connectivity index (χ1) is 12.5. The molecule has 2 rings (SSSR count). The van der Waals surface area contributed by atoms with E-state index in [9.17, 15) is 9.59 Å². The van der Waals surface area contributed by atoms with Crippen LogP contribution in [0.4, 0.5) is 0 Å². The predicted octanol–water partition coefficient (Wildman–Crippen LogP) is 4.29. The monoisotopic (exact) mass is 376 g/mol. The summed E-state index contributed by atoms with van der Waals surface area (Å²) < 4.78 is 10.2. The maximum absolute atomic E-state index is 12.2. The van der Waals surface area contributed by atoms with E-state index in [2.05, 4.69) is 10.2 Å². The molecule has 27 heavy (non-hydrogen) atoms. The van der Waals surface area contributed by atoms with Gasteiger partial charge in [0.2, 0.25) is 5.88 Å². The Labute approximate surface area is 161 Å². The molecular weight excluding hydrogens is 344 g/mol. The van der Waals surface area contributed by atoms with Crippen LogP contribution in [0.15, 0.2) is 16.9 Å². The number of rotatable bonds is 4. The number of ether oxygens (including phenoxy) is 2. The molecule has 0 aliphatic heterocycles. The van der Waals surface area contributed by atoms with E-state index in [0.717, 1.165) is 35.5 Å². The van der Waals surface area contributed by atoms with Gasteiger partial charge < -0.3 is 9.47 Å². The summed E-state index contributed by atoms with van der Waals surface area (Å²) in [7, 11) is 0. The number of nitrogens with one attached hydrogen (secondary N) is 2. The quantitative estimate of drug-likeness (QED) is 0.780. The van der Waals surface area contributed by atoms with Crippen molar-refractivity contribution < 1.29 is 14.3 Å². The second-order valence-electron chi connectivity index (χ2n) is 7.48. The van der Waals surface area contributed by atoms with Crippen LogP contribution in [0.1, 0.15) is 51.3 Å². The van der Waals surface area contributed by atoms with E-state index >= 15 is 0 Å². The zero-order chi connectivity index (χ0) is 20.8. The molecule has 1 aromatic heterocycles. The third-order valence-corrected chi connectivity index (χ3v) is 3.89. The van der Waals surface area contributed by atoms with Gasteiger partial charge >= 0.3 is 5.97 Å². The van der Waals surface area contributed by atoms with Crippen LogP contribution in [-0.2, 0) is 9.53 Å². The van der Waals surface area contributed by atoms with Gasteiger partial charge in [-0.2, -0.15) is 0 Å². The minimum absolute atomic E-state index is 0.167. The Bertz CT molecular complexity index is 800. The second kappa shape index (κ2) is 9.55. The van der Waals surface area contributed by atoms with Gasteiger partial charge in [-0.25, -0.2) is 0 Å². The van der Waals surface area contributed by atoms with E-state index in [4.69, 9.17) is 9.47 Å². The Morgan fingerprint density at radius 3 is 1.89 bits per heavy atom. The van der Waals surface area contributed by atoms with Crippen LogP contribution < -0.4 is 10.3 Å². The van der Waals surface area contributed by atoms with Crippen LogP contribution in [0, 0.1) is 26.2 Å². The fraction of sp³-hybridized carbons (Fsp3) is 0.524. The summed E-state index contributed by atoms with van der Waals surface area (Å²) in [5.74, 6) is -0.230. The van der Waals surface area contributed by atoms with Crippen LogP contribution in [0.3, 0.4) is 0 Å². The van der Waals surface area contributed by atoms with Crippen molar-refractivity contribution in [2.24, 2.45) is 5.41 Å². The molecule has 150 valence electrons. The highest BCUT2D eigenvalue weighted by Gasteiger charge is 2.27. The van der Waals surface area contributed by atoms with Gasteiger partial charge in [0.25, 0.3) is 5.56 Å². The molecule has 0 spiro atoms. The Balaban J connectivity index is 0.000000646. The summed E-state index contributed by atoms with van der Waals surface area (Å²) in [6.45, 7) is 16.9. The standard InChI is InChI=1S/C17H22N2O3.C4H10O/c1-9-7-10(2)12(11(3)8-9)13-14(20)18-19-15(13)22-16(21)17(4,5)6;1-3-5-4-2/h7-8H,1-6H3,(H2,18,19,20);3-4H2,1-2H3. The van der Waals surface area contributed by atoms with Crippen molar-refractivity contribution in [3.8, 4) is 17.0 Å². The molecule has 1 aromatic carbocycles. The third-order valence-electron chi connectivity index (χ3n) is 3.89. The highest BCUT2D eigenvalue weighted by Crippen LogP contribution is 2.32. The minimum atomic E-state index is -0.650. The largest absolute Gasteiger partial charge is 0.407 e. The van der Waals surface area contributed by atoms with E-state index in [1.165, 1.54) is 0 Å². The average Bonchev–Trinajstić information content (AvgIpc) is 2.88. The van der Waals surface area contributed by atoms with E-state index in [0.29, 0.717) is 5.56 Å². The molecule has 0 amide bonds.